The van der Waals surface area contributed by atoms with Crippen LogP contribution >= 0.6 is 0 Å². The Bertz CT molecular complexity index is 518. The van der Waals surface area contributed by atoms with Gasteiger partial charge in [0.25, 0.3) is 0 Å². The summed E-state index contributed by atoms with van der Waals surface area (Å²) in [5.41, 5.74) is -0.304. The number of amides is 1. The molecule has 1 aliphatic rings. The van der Waals surface area contributed by atoms with Crippen molar-refractivity contribution in [1.29, 1.82) is 0 Å². The molecule has 0 aromatic heterocycles. The van der Waals surface area contributed by atoms with Gasteiger partial charge in [-0.25, -0.2) is 4.79 Å². The molecule has 1 saturated carbocycles. The van der Waals surface area contributed by atoms with E-state index in [-0.39, 0.29) is 11.7 Å². The lowest BCUT2D eigenvalue weighted by Crippen LogP contribution is -2.45. The molecule has 1 aliphatic carbocycles. The van der Waals surface area contributed by atoms with Crippen molar-refractivity contribution in [1.82, 2.24) is 5.32 Å². The summed E-state index contributed by atoms with van der Waals surface area (Å²) in [6, 6.07) is 9.76. The maximum atomic E-state index is 11.9. The van der Waals surface area contributed by atoms with Gasteiger partial charge in [0, 0.05) is 5.92 Å². The van der Waals surface area contributed by atoms with Crippen molar-refractivity contribution in [2.75, 3.05) is 0 Å². The minimum Gasteiger partial charge on any atom is -0.444 e. The predicted molar refractivity (Wildman–Crippen MR) is 76.6 cm³/mol. The average Bonchev–Trinajstić information content (AvgIpc) is 3.03. The number of carbonyl (C=O) groups excluding carboxylic acids is 2. The predicted octanol–water partition coefficient (Wildman–Crippen LogP) is 3.03. The number of ether oxygens (including phenoxy) is 1. The van der Waals surface area contributed by atoms with Crippen LogP contribution in [-0.4, -0.2) is 23.0 Å². The lowest BCUT2D eigenvalue weighted by molar-refractivity contribution is -0.120. The van der Waals surface area contributed by atoms with Gasteiger partial charge >= 0.3 is 6.09 Å². The topological polar surface area (TPSA) is 55.4 Å². The fourth-order valence-corrected chi connectivity index (χ4v) is 2.45. The first-order valence-corrected chi connectivity index (χ1v) is 6.82. The van der Waals surface area contributed by atoms with E-state index in [4.69, 9.17) is 4.74 Å². The summed E-state index contributed by atoms with van der Waals surface area (Å²) in [6.07, 6.45) is 0.0946. The molecule has 0 radical (unpaired) electrons. The third-order valence-electron chi connectivity index (χ3n) is 3.52. The zero-order chi connectivity index (χ0) is 15.0. The Morgan fingerprint density at radius 3 is 2.35 bits per heavy atom. The molecule has 0 spiro atoms. The quantitative estimate of drug-likeness (QED) is 0.922. The highest BCUT2D eigenvalue weighted by Crippen LogP contribution is 2.52. The lowest BCUT2D eigenvalue weighted by atomic mass is 10.0. The number of benzene rings is 1. The van der Waals surface area contributed by atoms with Gasteiger partial charge in [0.1, 0.15) is 11.1 Å². The number of rotatable bonds is 3. The standard InChI is InChI=1S/C16H21NO3/c1-11(18)16(17-14(19)20-15(2,3)4)10-13(16)12-8-6-5-7-9-12/h5-9,13H,10H2,1-4H3,(H,17,19). The van der Waals surface area contributed by atoms with E-state index in [1.807, 2.05) is 30.3 Å². The molecule has 0 aliphatic heterocycles. The SMILES string of the molecule is CC(=O)C1(NC(=O)OC(C)(C)C)CC1c1ccccc1. The molecule has 4 heteroatoms. The first-order chi connectivity index (χ1) is 9.24. The highest BCUT2D eigenvalue weighted by molar-refractivity contribution is 5.94. The van der Waals surface area contributed by atoms with Gasteiger partial charge in [-0.2, -0.15) is 0 Å². The Morgan fingerprint density at radius 2 is 1.85 bits per heavy atom. The summed E-state index contributed by atoms with van der Waals surface area (Å²) in [6.45, 7) is 6.91. The molecule has 108 valence electrons. The maximum Gasteiger partial charge on any atom is 0.408 e. The van der Waals surface area contributed by atoms with E-state index in [1.165, 1.54) is 6.92 Å². The monoisotopic (exact) mass is 275 g/mol. The molecule has 0 saturated heterocycles. The summed E-state index contributed by atoms with van der Waals surface area (Å²) in [5, 5.41) is 2.76. The van der Waals surface area contributed by atoms with Gasteiger partial charge < -0.3 is 10.1 Å². The van der Waals surface area contributed by atoms with Gasteiger partial charge in [0.2, 0.25) is 0 Å². The summed E-state index contributed by atoms with van der Waals surface area (Å²) < 4.78 is 5.25. The van der Waals surface area contributed by atoms with E-state index in [0.717, 1.165) is 5.56 Å². The minimum absolute atomic E-state index is 0.0304. The van der Waals surface area contributed by atoms with E-state index < -0.39 is 17.2 Å². The Hall–Kier alpha value is -1.84. The molecule has 2 atom stereocenters. The molecule has 20 heavy (non-hydrogen) atoms. The molecule has 2 unspecified atom stereocenters. The van der Waals surface area contributed by atoms with Crippen LogP contribution in [0.15, 0.2) is 30.3 Å². The minimum atomic E-state index is -0.802. The molecule has 1 aromatic rings. The molecule has 1 aromatic carbocycles. The van der Waals surface area contributed by atoms with Crippen LogP contribution in [0.2, 0.25) is 0 Å². The average molecular weight is 275 g/mol. The zero-order valence-electron chi connectivity index (χ0n) is 12.4. The second-order valence-corrected chi connectivity index (χ2v) is 6.32. The summed E-state index contributed by atoms with van der Waals surface area (Å²) in [5.74, 6) is 0.00549. The summed E-state index contributed by atoms with van der Waals surface area (Å²) in [7, 11) is 0. The first-order valence-electron chi connectivity index (χ1n) is 6.82. The lowest BCUT2D eigenvalue weighted by Gasteiger charge is -2.23. The van der Waals surface area contributed by atoms with Crippen molar-refractivity contribution < 1.29 is 14.3 Å². The van der Waals surface area contributed by atoms with Crippen LogP contribution in [0, 0.1) is 0 Å². The zero-order valence-corrected chi connectivity index (χ0v) is 12.4. The van der Waals surface area contributed by atoms with Gasteiger partial charge in [0.05, 0.1) is 0 Å². The Balaban J connectivity index is 2.11. The highest BCUT2D eigenvalue weighted by Gasteiger charge is 2.60. The number of Topliss-reactive ketones (excluding diaryl/α,β-unsaturated/α-hetero) is 1. The van der Waals surface area contributed by atoms with Crippen LogP contribution in [0.25, 0.3) is 0 Å². The Kier molecular flexibility index (Phi) is 3.59. The van der Waals surface area contributed by atoms with Crippen LogP contribution in [0.3, 0.4) is 0 Å². The third kappa shape index (κ3) is 3.00. The van der Waals surface area contributed by atoms with E-state index in [9.17, 15) is 9.59 Å². The van der Waals surface area contributed by atoms with Crippen LogP contribution in [0.4, 0.5) is 4.79 Å². The smallest absolute Gasteiger partial charge is 0.408 e. The van der Waals surface area contributed by atoms with Crippen LogP contribution in [0.5, 0.6) is 0 Å². The van der Waals surface area contributed by atoms with Gasteiger partial charge in [0.15, 0.2) is 5.78 Å². The van der Waals surface area contributed by atoms with E-state index in [2.05, 4.69) is 5.32 Å². The number of hydrogen-bond donors (Lipinski definition) is 1. The van der Waals surface area contributed by atoms with Crippen molar-refractivity contribution in [2.24, 2.45) is 0 Å². The molecule has 0 heterocycles. The molecule has 1 fully saturated rings. The molecular formula is C16H21NO3. The van der Waals surface area contributed by atoms with Crippen molar-refractivity contribution in [3.05, 3.63) is 35.9 Å². The van der Waals surface area contributed by atoms with Crippen LogP contribution in [0.1, 0.15) is 45.6 Å². The van der Waals surface area contributed by atoms with Gasteiger partial charge in [-0.05, 0) is 39.7 Å². The summed E-state index contributed by atoms with van der Waals surface area (Å²) >= 11 is 0. The van der Waals surface area contributed by atoms with Gasteiger partial charge in [-0.1, -0.05) is 30.3 Å². The fraction of sp³-hybridized carbons (Fsp3) is 0.500. The second-order valence-electron chi connectivity index (χ2n) is 6.32. The Labute approximate surface area is 119 Å². The maximum absolute atomic E-state index is 11.9. The largest absolute Gasteiger partial charge is 0.444 e. The second kappa shape index (κ2) is 4.93. The molecule has 4 nitrogen and oxygen atoms in total. The van der Waals surface area contributed by atoms with Crippen molar-refractivity contribution >= 4 is 11.9 Å². The summed E-state index contributed by atoms with van der Waals surface area (Å²) in [4.78, 5) is 23.9. The van der Waals surface area contributed by atoms with E-state index >= 15 is 0 Å². The van der Waals surface area contributed by atoms with E-state index in [1.54, 1.807) is 20.8 Å². The molecule has 2 rings (SSSR count). The van der Waals surface area contributed by atoms with Gasteiger partial charge in [-0.15, -0.1) is 0 Å². The number of carbonyl (C=O) groups is 2. The van der Waals surface area contributed by atoms with Crippen molar-refractivity contribution in [2.45, 2.75) is 51.2 Å². The first kappa shape index (κ1) is 14.6. The molecular weight excluding hydrogens is 254 g/mol. The van der Waals surface area contributed by atoms with Crippen molar-refractivity contribution in [3.8, 4) is 0 Å². The third-order valence-corrected chi connectivity index (χ3v) is 3.52. The number of nitrogens with one attached hydrogen (secondary N) is 1. The van der Waals surface area contributed by atoms with E-state index in [0.29, 0.717) is 6.42 Å². The fourth-order valence-electron chi connectivity index (χ4n) is 2.45. The number of alkyl carbamates (subject to hydrolysis) is 1. The van der Waals surface area contributed by atoms with Crippen molar-refractivity contribution in [3.63, 3.8) is 0 Å². The molecule has 1 amide bonds. The van der Waals surface area contributed by atoms with Crippen LogP contribution < -0.4 is 5.32 Å². The highest BCUT2D eigenvalue weighted by atomic mass is 16.6. The van der Waals surface area contributed by atoms with Crippen LogP contribution in [-0.2, 0) is 9.53 Å². The molecule has 0 bridgehead atoms. The van der Waals surface area contributed by atoms with Gasteiger partial charge in [-0.3, -0.25) is 4.79 Å². The molecule has 1 N–H and O–H groups in total. The normalized spacial score (nSPS) is 24.9. The number of hydrogen-bond acceptors (Lipinski definition) is 3. The number of ketones is 1. The Morgan fingerprint density at radius 1 is 1.25 bits per heavy atom.